The van der Waals surface area contributed by atoms with Gasteiger partial charge >= 0.3 is 0 Å². The van der Waals surface area contributed by atoms with Gasteiger partial charge in [-0.1, -0.05) is 55.4 Å². The Hall–Kier alpha value is 0. The molecule has 0 saturated carbocycles. The molecule has 0 heterocycles. The quantitative estimate of drug-likeness (QED) is 0.549. The van der Waals surface area contributed by atoms with Crippen LogP contribution in [0.4, 0.5) is 0 Å². The highest BCUT2D eigenvalue weighted by atomic mass is 14.4. The fourth-order valence-corrected chi connectivity index (χ4v) is 3.30. The predicted molar refractivity (Wildman–Crippen MR) is 57.2 cm³/mol. The molecule has 0 rings (SSSR count). The van der Waals surface area contributed by atoms with Crippen molar-refractivity contribution in [2.75, 3.05) is 0 Å². The van der Waals surface area contributed by atoms with E-state index in [1.807, 2.05) is 0 Å². The predicted octanol–water partition coefficient (Wildman–Crippen LogP) is 4.35. The second-order valence-corrected chi connectivity index (χ2v) is 6.45. The van der Waals surface area contributed by atoms with Crippen molar-refractivity contribution in [1.82, 2.24) is 0 Å². The highest BCUT2D eigenvalue weighted by Gasteiger charge is 2.36. The normalized spacial score (nSPS) is 14.5. The lowest BCUT2D eigenvalue weighted by Crippen LogP contribution is -2.36. The second kappa shape index (κ2) is 3.40. The maximum absolute atomic E-state index is 2.35. The Labute approximate surface area is 78.8 Å². The average Bonchev–Trinajstić information content (AvgIpc) is 1.49. The summed E-state index contributed by atoms with van der Waals surface area (Å²) in [5.74, 6) is 1.55. The first kappa shape index (κ1) is 12.0. The molecule has 0 N–H and O–H groups in total. The van der Waals surface area contributed by atoms with Crippen LogP contribution < -0.4 is 0 Å². The molecule has 0 bridgehead atoms. The molecule has 0 aliphatic rings. The van der Waals surface area contributed by atoms with E-state index in [2.05, 4.69) is 55.4 Å². The SMILES string of the molecule is CC(C)C(C(C)(C)C)C(C)(C)C. The standard InChI is InChI=1S/C12H26/c1-9(2)10(11(3,4)5)12(6,7)8/h9-10H,1-8H3. The van der Waals surface area contributed by atoms with Crippen LogP contribution >= 0.6 is 0 Å². The minimum atomic E-state index is 0.423. The molecule has 0 amide bonds. The van der Waals surface area contributed by atoms with Crippen LogP contribution in [0, 0.1) is 22.7 Å². The molecule has 74 valence electrons. The van der Waals surface area contributed by atoms with Gasteiger partial charge in [-0.2, -0.15) is 0 Å². The fourth-order valence-electron chi connectivity index (χ4n) is 3.30. The van der Waals surface area contributed by atoms with E-state index < -0.39 is 0 Å². The minimum Gasteiger partial charge on any atom is -0.0625 e. The van der Waals surface area contributed by atoms with Crippen molar-refractivity contribution in [2.45, 2.75) is 55.4 Å². The molecule has 12 heavy (non-hydrogen) atoms. The largest absolute Gasteiger partial charge is 0.0625 e. The summed E-state index contributed by atoms with van der Waals surface area (Å²) in [6.07, 6.45) is 0. The maximum atomic E-state index is 2.35. The summed E-state index contributed by atoms with van der Waals surface area (Å²) < 4.78 is 0. The van der Waals surface area contributed by atoms with E-state index in [0.717, 1.165) is 11.8 Å². The van der Waals surface area contributed by atoms with E-state index in [1.165, 1.54) is 0 Å². The Balaban J connectivity index is 4.70. The van der Waals surface area contributed by atoms with Crippen molar-refractivity contribution in [3.05, 3.63) is 0 Å². The first-order valence-electron chi connectivity index (χ1n) is 5.07. The smallest absolute Gasteiger partial charge is 0.0293 e. The molecular weight excluding hydrogens is 144 g/mol. The van der Waals surface area contributed by atoms with Crippen molar-refractivity contribution >= 4 is 0 Å². The summed E-state index contributed by atoms with van der Waals surface area (Å²) in [6, 6.07) is 0. The highest BCUT2D eigenvalue weighted by molar-refractivity contribution is 4.85. The summed E-state index contributed by atoms with van der Waals surface area (Å²) in [4.78, 5) is 0. The summed E-state index contributed by atoms with van der Waals surface area (Å²) in [5, 5.41) is 0. The van der Waals surface area contributed by atoms with Crippen LogP contribution in [0.5, 0.6) is 0 Å². The summed E-state index contributed by atoms with van der Waals surface area (Å²) in [5.41, 5.74) is 0.846. The Morgan fingerprint density at radius 1 is 0.667 bits per heavy atom. The molecule has 0 fully saturated rings. The van der Waals surface area contributed by atoms with Gasteiger partial charge in [0.2, 0.25) is 0 Å². The summed E-state index contributed by atoms with van der Waals surface area (Å²) in [6.45, 7) is 18.8. The molecule has 0 aliphatic carbocycles. The first-order chi connectivity index (χ1) is 5.07. The van der Waals surface area contributed by atoms with Crippen LogP contribution in [-0.4, -0.2) is 0 Å². The van der Waals surface area contributed by atoms with Crippen LogP contribution in [-0.2, 0) is 0 Å². The molecule has 0 aromatic carbocycles. The molecule has 0 heteroatoms. The zero-order valence-electron chi connectivity index (χ0n) is 10.2. The Kier molecular flexibility index (Phi) is 3.40. The van der Waals surface area contributed by atoms with Gasteiger partial charge in [-0.3, -0.25) is 0 Å². The molecule has 0 nitrogen and oxygen atoms in total. The van der Waals surface area contributed by atoms with Gasteiger partial charge in [0.15, 0.2) is 0 Å². The van der Waals surface area contributed by atoms with Gasteiger partial charge in [0, 0.05) is 0 Å². The van der Waals surface area contributed by atoms with Gasteiger partial charge in [0.1, 0.15) is 0 Å². The highest BCUT2D eigenvalue weighted by Crippen LogP contribution is 2.44. The third-order valence-electron chi connectivity index (χ3n) is 2.53. The van der Waals surface area contributed by atoms with Crippen LogP contribution in [0.25, 0.3) is 0 Å². The third-order valence-corrected chi connectivity index (χ3v) is 2.53. The lowest BCUT2D eigenvalue weighted by molar-refractivity contribution is 0.0574. The van der Waals surface area contributed by atoms with Gasteiger partial charge < -0.3 is 0 Å². The number of hydrogen-bond donors (Lipinski definition) is 0. The zero-order valence-corrected chi connectivity index (χ0v) is 10.2. The van der Waals surface area contributed by atoms with E-state index in [1.54, 1.807) is 0 Å². The van der Waals surface area contributed by atoms with Crippen molar-refractivity contribution in [2.24, 2.45) is 22.7 Å². The van der Waals surface area contributed by atoms with Crippen molar-refractivity contribution in [1.29, 1.82) is 0 Å². The van der Waals surface area contributed by atoms with Crippen molar-refractivity contribution in [3.63, 3.8) is 0 Å². The van der Waals surface area contributed by atoms with E-state index in [9.17, 15) is 0 Å². The van der Waals surface area contributed by atoms with E-state index >= 15 is 0 Å². The molecule has 0 unspecified atom stereocenters. The van der Waals surface area contributed by atoms with Gasteiger partial charge in [0.25, 0.3) is 0 Å². The van der Waals surface area contributed by atoms with Crippen LogP contribution in [0.3, 0.4) is 0 Å². The van der Waals surface area contributed by atoms with Gasteiger partial charge in [-0.25, -0.2) is 0 Å². The second-order valence-electron chi connectivity index (χ2n) is 6.45. The van der Waals surface area contributed by atoms with Crippen LogP contribution in [0.2, 0.25) is 0 Å². The number of hydrogen-bond acceptors (Lipinski definition) is 0. The van der Waals surface area contributed by atoms with E-state index in [4.69, 9.17) is 0 Å². The van der Waals surface area contributed by atoms with E-state index in [-0.39, 0.29) is 0 Å². The van der Waals surface area contributed by atoms with Crippen LogP contribution in [0.1, 0.15) is 55.4 Å². The molecule has 0 aliphatic heterocycles. The molecule has 0 spiro atoms. The Morgan fingerprint density at radius 3 is 0.917 bits per heavy atom. The molecular formula is C12H26. The molecule has 0 atom stereocenters. The Morgan fingerprint density at radius 2 is 0.917 bits per heavy atom. The average molecular weight is 170 g/mol. The number of rotatable bonds is 1. The lowest BCUT2D eigenvalue weighted by Gasteiger charge is -2.43. The zero-order chi connectivity index (χ0) is 10.2. The summed E-state index contributed by atoms with van der Waals surface area (Å²) >= 11 is 0. The monoisotopic (exact) mass is 170 g/mol. The maximum Gasteiger partial charge on any atom is -0.0293 e. The van der Waals surface area contributed by atoms with Crippen molar-refractivity contribution in [3.8, 4) is 0 Å². The third kappa shape index (κ3) is 3.16. The van der Waals surface area contributed by atoms with Crippen molar-refractivity contribution < 1.29 is 0 Å². The molecule has 0 aromatic rings. The fraction of sp³-hybridized carbons (Fsp3) is 1.00. The summed E-state index contributed by atoms with van der Waals surface area (Å²) in [7, 11) is 0. The molecule has 0 radical (unpaired) electrons. The van der Waals surface area contributed by atoms with Gasteiger partial charge in [0.05, 0.1) is 0 Å². The van der Waals surface area contributed by atoms with Gasteiger partial charge in [-0.15, -0.1) is 0 Å². The van der Waals surface area contributed by atoms with E-state index in [0.29, 0.717) is 10.8 Å². The van der Waals surface area contributed by atoms with Crippen LogP contribution in [0.15, 0.2) is 0 Å². The molecule has 0 aromatic heterocycles. The molecule has 0 saturated heterocycles. The first-order valence-corrected chi connectivity index (χ1v) is 5.07. The lowest BCUT2D eigenvalue weighted by atomic mass is 9.62. The Bertz CT molecular complexity index is 115. The van der Waals surface area contributed by atoms with Gasteiger partial charge in [-0.05, 0) is 22.7 Å². The minimum absolute atomic E-state index is 0.423. The topological polar surface area (TPSA) is 0 Å².